The van der Waals surface area contributed by atoms with Crippen molar-refractivity contribution in [3.63, 3.8) is 0 Å². The number of amides is 1. The fourth-order valence-corrected chi connectivity index (χ4v) is 2.22. The summed E-state index contributed by atoms with van der Waals surface area (Å²) in [5, 5.41) is 0. The van der Waals surface area contributed by atoms with Crippen LogP contribution in [-0.4, -0.2) is 28.9 Å². The molecule has 104 valence electrons. The second-order valence-electron chi connectivity index (χ2n) is 4.95. The van der Waals surface area contributed by atoms with E-state index in [1.54, 1.807) is 4.90 Å². The molecule has 0 saturated carbocycles. The molecular formula is C15H22N2OS. The molecule has 0 aliphatic rings. The number of nitrogens with two attached hydrogens (primary N) is 1. The predicted octanol–water partition coefficient (Wildman–Crippen LogP) is 2.45. The van der Waals surface area contributed by atoms with Crippen LogP contribution in [-0.2, 0) is 11.2 Å². The summed E-state index contributed by atoms with van der Waals surface area (Å²) in [7, 11) is 1.81. The van der Waals surface area contributed by atoms with Gasteiger partial charge in [0.2, 0.25) is 5.91 Å². The second-order valence-corrected chi connectivity index (χ2v) is 5.47. The molecule has 0 aromatic heterocycles. The Morgan fingerprint density at radius 3 is 2.63 bits per heavy atom. The topological polar surface area (TPSA) is 46.3 Å². The minimum absolute atomic E-state index is 0.0573. The van der Waals surface area contributed by atoms with E-state index in [9.17, 15) is 4.79 Å². The maximum Gasteiger partial charge on any atom is 0.222 e. The van der Waals surface area contributed by atoms with Crippen LogP contribution in [0.2, 0.25) is 0 Å². The zero-order valence-electron chi connectivity index (χ0n) is 11.8. The summed E-state index contributed by atoms with van der Waals surface area (Å²) < 4.78 is 0. The van der Waals surface area contributed by atoms with E-state index in [4.69, 9.17) is 18.0 Å². The molecule has 19 heavy (non-hydrogen) atoms. The summed E-state index contributed by atoms with van der Waals surface area (Å²) in [6.07, 6.45) is 1.86. The first-order valence-electron chi connectivity index (χ1n) is 6.50. The van der Waals surface area contributed by atoms with Gasteiger partial charge in [0.25, 0.3) is 0 Å². The Morgan fingerprint density at radius 2 is 2.05 bits per heavy atom. The first-order valence-corrected chi connectivity index (χ1v) is 6.91. The van der Waals surface area contributed by atoms with Gasteiger partial charge in [-0.1, -0.05) is 36.5 Å². The third-order valence-electron chi connectivity index (χ3n) is 3.42. The summed E-state index contributed by atoms with van der Waals surface area (Å²) >= 11 is 4.88. The molecule has 1 rings (SSSR count). The standard InChI is InChI=1S/C15H22N2OS/c1-11-6-4-5-7-13(11)8-9-15(18)17(3)12(2)10-14(16)19/h4-7,12H,8-10H2,1-3H3,(H2,16,19). The van der Waals surface area contributed by atoms with Crippen molar-refractivity contribution < 1.29 is 4.79 Å². The molecule has 1 unspecified atom stereocenters. The van der Waals surface area contributed by atoms with E-state index in [0.29, 0.717) is 17.8 Å². The van der Waals surface area contributed by atoms with Gasteiger partial charge in [-0.2, -0.15) is 0 Å². The SMILES string of the molecule is Cc1ccccc1CCC(=O)N(C)C(C)CC(N)=S. The van der Waals surface area contributed by atoms with Crippen molar-refractivity contribution in [1.29, 1.82) is 0 Å². The zero-order chi connectivity index (χ0) is 14.4. The minimum Gasteiger partial charge on any atom is -0.393 e. The molecule has 0 aliphatic heterocycles. The number of benzene rings is 1. The molecule has 0 radical (unpaired) electrons. The summed E-state index contributed by atoms with van der Waals surface area (Å²) in [6, 6.07) is 8.21. The molecule has 0 heterocycles. The van der Waals surface area contributed by atoms with E-state index in [0.717, 1.165) is 6.42 Å². The molecular weight excluding hydrogens is 256 g/mol. The first-order chi connectivity index (χ1) is 8.91. The van der Waals surface area contributed by atoms with Crippen LogP contribution in [0.5, 0.6) is 0 Å². The molecule has 0 aliphatic carbocycles. The quantitative estimate of drug-likeness (QED) is 0.813. The lowest BCUT2D eigenvalue weighted by Crippen LogP contribution is -2.37. The van der Waals surface area contributed by atoms with Gasteiger partial charge in [0.1, 0.15) is 0 Å². The summed E-state index contributed by atoms with van der Waals surface area (Å²) in [5.74, 6) is 0.131. The molecule has 1 amide bonds. The Morgan fingerprint density at radius 1 is 1.42 bits per heavy atom. The number of thiocarbonyl (C=S) groups is 1. The largest absolute Gasteiger partial charge is 0.393 e. The number of rotatable bonds is 6. The van der Waals surface area contributed by atoms with Gasteiger partial charge in [-0.05, 0) is 31.4 Å². The lowest BCUT2D eigenvalue weighted by atomic mass is 10.0. The highest BCUT2D eigenvalue weighted by atomic mass is 32.1. The Kier molecular flexibility index (Phi) is 5.96. The highest BCUT2D eigenvalue weighted by Gasteiger charge is 2.16. The number of carbonyl (C=O) groups is 1. The van der Waals surface area contributed by atoms with E-state index >= 15 is 0 Å². The molecule has 2 N–H and O–H groups in total. The number of carbonyl (C=O) groups excluding carboxylic acids is 1. The van der Waals surface area contributed by atoms with Crippen LogP contribution in [0, 0.1) is 6.92 Å². The highest BCUT2D eigenvalue weighted by Crippen LogP contribution is 2.11. The number of hydrogen-bond donors (Lipinski definition) is 1. The molecule has 0 saturated heterocycles. The maximum absolute atomic E-state index is 12.1. The number of aryl methyl sites for hydroxylation is 2. The van der Waals surface area contributed by atoms with Crippen LogP contribution < -0.4 is 5.73 Å². The fourth-order valence-electron chi connectivity index (χ4n) is 1.98. The predicted molar refractivity (Wildman–Crippen MR) is 83.1 cm³/mol. The van der Waals surface area contributed by atoms with Gasteiger partial charge in [-0.15, -0.1) is 0 Å². The zero-order valence-corrected chi connectivity index (χ0v) is 12.7. The molecule has 1 aromatic carbocycles. The Balaban J connectivity index is 2.51. The van der Waals surface area contributed by atoms with Gasteiger partial charge in [-0.25, -0.2) is 0 Å². The second kappa shape index (κ2) is 7.24. The smallest absolute Gasteiger partial charge is 0.222 e. The van der Waals surface area contributed by atoms with Gasteiger partial charge >= 0.3 is 0 Å². The Bertz CT molecular complexity index is 459. The summed E-state index contributed by atoms with van der Waals surface area (Å²) in [6.45, 7) is 4.03. The van der Waals surface area contributed by atoms with Crippen LogP contribution in [0.3, 0.4) is 0 Å². The van der Waals surface area contributed by atoms with Gasteiger partial charge in [0.05, 0.1) is 4.99 Å². The molecule has 0 fully saturated rings. The van der Waals surface area contributed by atoms with Crippen molar-refractivity contribution in [3.8, 4) is 0 Å². The van der Waals surface area contributed by atoms with Gasteiger partial charge in [0.15, 0.2) is 0 Å². The van der Waals surface area contributed by atoms with Crippen LogP contribution in [0.4, 0.5) is 0 Å². The molecule has 4 heteroatoms. The lowest BCUT2D eigenvalue weighted by Gasteiger charge is -2.24. The van der Waals surface area contributed by atoms with Crippen molar-refractivity contribution in [1.82, 2.24) is 4.90 Å². The average Bonchev–Trinajstić information content (AvgIpc) is 2.35. The number of hydrogen-bond acceptors (Lipinski definition) is 2. The monoisotopic (exact) mass is 278 g/mol. The van der Waals surface area contributed by atoms with Crippen molar-refractivity contribution in [2.75, 3.05) is 7.05 Å². The van der Waals surface area contributed by atoms with E-state index in [-0.39, 0.29) is 11.9 Å². The molecule has 1 aromatic rings. The van der Waals surface area contributed by atoms with Gasteiger partial charge < -0.3 is 10.6 Å². The van der Waals surface area contributed by atoms with Crippen molar-refractivity contribution in [2.24, 2.45) is 5.73 Å². The van der Waals surface area contributed by atoms with Crippen LogP contribution in [0.15, 0.2) is 24.3 Å². The van der Waals surface area contributed by atoms with E-state index in [1.165, 1.54) is 11.1 Å². The van der Waals surface area contributed by atoms with Crippen LogP contribution in [0.25, 0.3) is 0 Å². The summed E-state index contributed by atoms with van der Waals surface area (Å²) in [5.41, 5.74) is 7.97. The average molecular weight is 278 g/mol. The number of nitrogens with zero attached hydrogens (tertiary/aromatic N) is 1. The first kappa shape index (κ1) is 15.6. The van der Waals surface area contributed by atoms with Crippen molar-refractivity contribution in [2.45, 2.75) is 39.2 Å². The third-order valence-corrected chi connectivity index (χ3v) is 3.59. The van der Waals surface area contributed by atoms with Crippen molar-refractivity contribution >= 4 is 23.1 Å². The molecule has 3 nitrogen and oxygen atoms in total. The maximum atomic E-state index is 12.1. The van der Waals surface area contributed by atoms with Crippen LogP contribution in [0.1, 0.15) is 30.9 Å². The Labute approximate surface area is 120 Å². The fraction of sp³-hybridized carbons (Fsp3) is 0.467. The van der Waals surface area contributed by atoms with E-state index in [1.807, 2.05) is 26.1 Å². The minimum atomic E-state index is 0.0573. The van der Waals surface area contributed by atoms with Gasteiger partial charge in [0, 0.05) is 25.9 Å². The summed E-state index contributed by atoms with van der Waals surface area (Å²) in [4.78, 5) is 14.3. The Hall–Kier alpha value is -1.42. The lowest BCUT2D eigenvalue weighted by molar-refractivity contribution is -0.131. The third kappa shape index (κ3) is 4.99. The highest BCUT2D eigenvalue weighted by molar-refractivity contribution is 7.80. The normalized spacial score (nSPS) is 11.9. The van der Waals surface area contributed by atoms with E-state index < -0.39 is 0 Å². The van der Waals surface area contributed by atoms with Crippen LogP contribution >= 0.6 is 12.2 Å². The van der Waals surface area contributed by atoms with Crippen molar-refractivity contribution in [3.05, 3.63) is 35.4 Å². The van der Waals surface area contributed by atoms with E-state index in [2.05, 4.69) is 19.1 Å². The molecule has 0 bridgehead atoms. The molecule has 0 spiro atoms. The molecule has 1 atom stereocenters. The van der Waals surface area contributed by atoms with Gasteiger partial charge in [-0.3, -0.25) is 4.79 Å².